The van der Waals surface area contributed by atoms with Crippen LogP contribution in [0.2, 0.25) is 0 Å². The first-order chi connectivity index (χ1) is 10.5. The van der Waals surface area contributed by atoms with E-state index in [0.717, 1.165) is 5.56 Å². The Bertz CT molecular complexity index is 569. The number of rotatable bonds is 5. The number of methoxy groups -OCH3 is 1. The van der Waals surface area contributed by atoms with Crippen LogP contribution in [0.15, 0.2) is 43.0 Å². The van der Waals surface area contributed by atoms with E-state index in [9.17, 15) is 9.59 Å². The van der Waals surface area contributed by atoms with E-state index in [-0.39, 0.29) is 30.3 Å². The van der Waals surface area contributed by atoms with Crippen molar-refractivity contribution in [3.8, 4) is 0 Å². The van der Waals surface area contributed by atoms with Crippen LogP contribution in [-0.2, 0) is 14.3 Å². The van der Waals surface area contributed by atoms with E-state index in [4.69, 9.17) is 4.74 Å². The van der Waals surface area contributed by atoms with E-state index < -0.39 is 5.41 Å². The number of nitrogens with zero attached hydrogens (tertiary/aromatic N) is 1. The Morgan fingerprint density at radius 3 is 2.55 bits per heavy atom. The summed E-state index contributed by atoms with van der Waals surface area (Å²) >= 11 is 0. The Balaban J connectivity index is 2.32. The van der Waals surface area contributed by atoms with Gasteiger partial charge in [0, 0.05) is 13.0 Å². The maximum Gasteiger partial charge on any atom is 0.314 e. The number of carbonyl (C=O) groups excluding carboxylic acids is 2. The molecular formula is C18H23NO3. The highest BCUT2D eigenvalue weighted by Crippen LogP contribution is 2.43. The van der Waals surface area contributed by atoms with E-state index >= 15 is 0 Å². The summed E-state index contributed by atoms with van der Waals surface area (Å²) < 4.78 is 4.98. The SMILES string of the molecule is C=CC(C)C1(C(=O)OC)CC(=O)N([C@@H](C)c2ccccc2)C1. The highest BCUT2D eigenvalue weighted by Gasteiger charge is 2.53. The molecule has 3 atom stereocenters. The second kappa shape index (κ2) is 6.34. The van der Waals surface area contributed by atoms with Crippen LogP contribution < -0.4 is 0 Å². The second-order valence-electron chi connectivity index (χ2n) is 5.96. The number of carbonyl (C=O) groups is 2. The second-order valence-corrected chi connectivity index (χ2v) is 5.96. The van der Waals surface area contributed by atoms with Crippen LogP contribution in [0.1, 0.15) is 31.9 Å². The fourth-order valence-electron chi connectivity index (χ4n) is 3.14. The summed E-state index contributed by atoms with van der Waals surface area (Å²) in [5, 5.41) is 0. The lowest BCUT2D eigenvalue weighted by Gasteiger charge is -2.32. The number of esters is 1. The van der Waals surface area contributed by atoms with Crippen molar-refractivity contribution >= 4 is 11.9 Å². The fraction of sp³-hybridized carbons (Fsp3) is 0.444. The van der Waals surface area contributed by atoms with Gasteiger partial charge < -0.3 is 9.64 Å². The molecule has 1 aliphatic rings. The van der Waals surface area contributed by atoms with E-state index in [1.54, 1.807) is 11.0 Å². The van der Waals surface area contributed by atoms with Gasteiger partial charge in [-0.05, 0) is 18.4 Å². The van der Waals surface area contributed by atoms with Crippen molar-refractivity contribution in [2.75, 3.05) is 13.7 Å². The molecule has 2 unspecified atom stereocenters. The number of hydrogen-bond acceptors (Lipinski definition) is 3. The smallest absolute Gasteiger partial charge is 0.314 e. The Morgan fingerprint density at radius 2 is 2.00 bits per heavy atom. The van der Waals surface area contributed by atoms with Crippen LogP contribution >= 0.6 is 0 Å². The maximum absolute atomic E-state index is 12.5. The highest BCUT2D eigenvalue weighted by molar-refractivity contribution is 5.90. The van der Waals surface area contributed by atoms with Crippen molar-refractivity contribution in [2.45, 2.75) is 26.3 Å². The lowest BCUT2D eigenvalue weighted by Crippen LogP contribution is -2.41. The molecule has 22 heavy (non-hydrogen) atoms. The molecule has 2 rings (SSSR count). The third kappa shape index (κ3) is 2.65. The maximum atomic E-state index is 12.5. The number of amides is 1. The van der Waals surface area contributed by atoms with Crippen molar-refractivity contribution in [1.29, 1.82) is 0 Å². The van der Waals surface area contributed by atoms with Gasteiger partial charge in [-0.1, -0.05) is 43.3 Å². The summed E-state index contributed by atoms with van der Waals surface area (Å²) in [7, 11) is 1.37. The Labute approximate surface area is 131 Å². The van der Waals surface area contributed by atoms with Crippen LogP contribution in [0.3, 0.4) is 0 Å². The third-order valence-corrected chi connectivity index (χ3v) is 4.81. The molecule has 0 N–H and O–H groups in total. The van der Waals surface area contributed by atoms with Gasteiger partial charge in [-0.3, -0.25) is 9.59 Å². The topological polar surface area (TPSA) is 46.6 Å². The minimum absolute atomic E-state index is 0.0181. The largest absolute Gasteiger partial charge is 0.469 e. The number of likely N-dealkylation sites (tertiary alicyclic amines) is 1. The minimum atomic E-state index is -0.837. The van der Waals surface area contributed by atoms with Crippen LogP contribution in [0, 0.1) is 11.3 Å². The zero-order valence-electron chi connectivity index (χ0n) is 13.4. The number of ether oxygens (including phenoxy) is 1. The first-order valence-electron chi connectivity index (χ1n) is 7.51. The first kappa shape index (κ1) is 16.3. The Hall–Kier alpha value is -2.10. The fourth-order valence-corrected chi connectivity index (χ4v) is 3.14. The van der Waals surface area contributed by atoms with Crippen LogP contribution in [0.25, 0.3) is 0 Å². The summed E-state index contributed by atoms with van der Waals surface area (Å²) in [6.07, 6.45) is 1.89. The molecule has 1 aliphatic heterocycles. The molecule has 0 spiro atoms. The minimum Gasteiger partial charge on any atom is -0.469 e. The first-order valence-corrected chi connectivity index (χ1v) is 7.51. The van der Waals surface area contributed by atoms with Gasteiger partial charge in [0.05, 0.1) is 13.2 Å². The van der Waals surface area contributed by atoms with Gasteiger partial charge in [0.25, 0.3) is 0 Å². The molecule has 0 aromatic heterocycles. The van der Waals surface area contributed by atoms with E-state index in [2.05, 4.69) is 6.58 Å². The normalized spacial score (nSPS) is 24.0. The summed E-state index contributed by atoms with van der Waals surface area (Å²) in [6, 6.07) is 9.76. The molecule has 0 bridgehead atoms. The van der Waals surface area contributed by atoms with E-state index in [0.29, 0.717) is 6.54 Å². The van der Waals surface area contributed by atoms with Crippen LogP contribution in [0.4, 0.5) is 0 Å². The summed E-state index contributed by atoms with van der Waals surface area (Å²) in [4.78, 5) is 26.6. The van der Waals surface area contributed by atoms with Crippen molar-refractivity contribution in [2.24, 2.45) is 11.3 Å². The third-order valence-electron chi connectivity index (χ3n) is 4.81. The number of benzene rings is 1. The predicted octanol–water partition coefficient (Wildman–Crippen LogP) is 2.96. The van der Waals surface area contributed by atoms with Crippen molar-refractivity contribution in [3.05, 3.63) is 48.6 Å². The standard InChI is InChI=1S/C18H23NO3/c1-5-13(2)18(17(21)22-4)11-16(20)19(12-18)14(3)15-9-7-6-8-10-15/h5-10,13-14H,1,11-12H2,2-4H3/t13?,14-,18?/m0/s1. The monoisotopic (exact) mass is 301 g/mol. The van der Waals surface area contributed by atoms with Gasteiger partial charge >= 0.3 is 5.97 Å². The van der Waals surface area contributed by atoms with E-state index in [1.807, 2.05) is 44.2 Å². The molecule has 1 fully saturated rings. The molecule has 1 aromatic carbocycles. The molecule has 0 aliphatic carbocycles. The summed E-state index contributed by atoms with van der Waals surface area (Å²) in [6.45, 7) is 8.04. The van der Waals surface area contributed by atoms with Gasteiger partial charge in [-0.2, -0.15) is 0 Å². The molecule has 4 heteroatoms. The molecule has 118 valence electrons. The predicted molar refractivity (Wildman–Crippen MR) is 85.0 cm³/mol. The molecule has 1 amide bonds. The molecule has 1 heterocycles. The average Bonchev–Trinajstić information content (AvgIpc) is 2.92. The molecular weight excluding hydrogens is 278 g/mol. The van der Waals surface area contributed by atoms with Crippen LogP contribution in [-0.4, -0.2) is 30.4 Å². The Kier molecular flexibility index (Phi) is 4.69. The number of hydrogen-bond donors (Lipinski definition) is 0. The van der Waals surface area contributed by atoms with Crippen molar-refractivity contribution in [1.82, 2.24) is 4.90 Å². The summed E-state index contributed by atoms with van der Waals surface area (Å²) in [5.41, 5.74) is 0.221. The quantitative estimate of drug-likeness (QED) is 0.620. The van der Waals surface area contributed by atoms with Crippen LogP contribution in [0.5, 0.6) is 0 Å². The molecule has 4 nitrogen and oxygen atoms in total. The zero-order valence-corrected chi connectivity index (χ0v) is 13.4. The van der Waals surface area contributed by atoms with E-state index in [1.165, 1.54) is 7.11 Å². The van der Waals surface area contributed by atoms with Gasteiger partial charge in [0.1, 0.15) is 5.41 Å². The lowest BCUT2D eigenvalue weighted by atomic mass is 9.75. The molecule has 0 radical (unpaired) electrons. The van der Waals surface area contributed by atoms with Gasteiger partial charge in [-0.15, -0.1) is 6.58 Å². The lowest BCUT2D eigenvalue weighted by molar-refractivity contribution is -0.154. The van der Waals surface area contributed by atoms with Crippen molar-refractivity contribution < 1.29 is 14.3 Å². The molecule has 1 aromatic rings. The van der Waals surface area contributed by atoms with Crippen molar-refractivity contribution in [3.63, 3.8) is 0 Å². The summed E-state index contributed by atoms with van der Waals surface area (Å²) in [5.74, 6) is -0.483. The van der Waals surface area contributed by atoms with Gasteiger partial charge in [0.2, 0.25) is 5.91 Å². The zero-order chi connectivity index (χ0) is 16.3. The molecule has 0 saturated carbocycles. The molecule has 1 saturated heterocycles. The van der Waals surface area contributed by atoms with Gasteiger partial charge in [-0.25, -0.2) is 0 Å². The average molecular weight is 301 g/mol. The Morgan fingerprint density at radius 1 is 1.36 bits per heavy atom. The van der Waals surface area contributed by atoms with Gasteiger partial charge in [0.15, 0.2) is 0 Å². The highest BCUT2D eigenvalue weighted by atomic mass is 16.5. The number of allylic oxidation sites excluding steroid dienone is 1.